The van der Waals surface area contributed by atoms with Gasteiger partial charge in [-0.2, -0.15) is 4.90 Å². The molecule has 2 aromatic heterocycles. The van der Waals surface area contributed by atoms with E-state index in [0.29, 0.717) is 11.3 Å². The van der Waals surface area contributed by atoms with Gasteiger partial charge in [-0.1, -0.05) is 0 Å². The van der Waals surface area contributed by atoms with Crippen LogP contribution in [0.15, 0.2) is 30.6 Å². The number of hydrogen-bond donors (Lipinski definition) is 0. The van der Waals surface area contributed by atoms with Crippen molar-refractivity contribution in [1.82, 2.24) is 9.97 Å². The first-order chi connectivity index (χ1) is 14.3. The second kappa shape index (κ2) is 9.38. The Bertz CT molecular complexity index is 923. The number of halogens is 1. The summed E-state index contributed by atoms with van der Waals surface area (Å²) in [6.07, 6.45) is 0.712. The van der Waals surface area contributed by atoms with Gasteiger partial charge in [0.1, 0.15) is 17.0 Å². The van der Waals surface area contributed by atoms with Gasteiger partial charge in [0.15, 0.2) is 0 Å². The highest BCUT2D eigenvalue weighted by molar-refractivity contribution is 6.10. The molecule has 2 heterocycles. The van der Waals surface area contributed by atoms with E-state index in [4.69, 9.17) is 14.2 Å². The van der Waals surface area contributed by atoms with Crippen LogP contribution in [0.3, 0.4) is 0 Å². The molecule has 0 unspecified atom stereocenters. The van der Waals surface area contributed by atoms with Crippen molar-refractivity contribution >= 4 is 17.9 Å². The lowest BCUT2D eigenvalue weighted by molar-refractivity contribution is 0.0429. The number of rotatable bonds is 4. The summed E-state index contributed by atoms with van der Waals surface area (Å²) in [4.78, 5) is 34.9. The summed E-state index contributed by atoms with van der Waals surface area (Å²) in [5.74, 6) is -0.513. The van der Waals surface area contributed by atoms with E-state index in [0.717, 1.165) is 11.1 Å². The molecule has 168 valence electrons. The number of nitrogens with zero attached hydrogens (tertiary/aromatic N) is 3. The molecule has 9 heteroatoms. The Balaban J connectivity index is 2.57. The summed E-state index contributed by atoms with van der Waals surface area (Å²) in [6, 6.07) is 4.34. The highest BCUT2D eigenvalue weighted by atomic mass is 19.1. The Hall–Kier alpha value is -3.07. The van der Waals surface area contributed by atoms with E-state index in [2.05, 4.69) is 9.97 Å². The zero-order valence-electron chi connectivity index (χ0n) is 18.9. The average molecular weight is 433 g/mol. The van der Waals surface area contributed by atoms with Gasteiger partial charge in [-0.15, -0.1) is 0 Å². The molecule has 0 bridgehead atoms. The van der Waals surface area contributed by atoms with Gasteiger partial charge < -0.3 is 14.2 Å². The summed E-state index contributed by atoms with van der Waals surface area (Å²) in [5, 5.41) is 0. The van der Waals surface area contributed by atoms with Gasteiger partial charge in [0.25, 0.3) is 0 Å². The molecule has 0 aliphatic carbocycles. The molecule has 0 spiro atoms. The SMILES string of the molecule is COCc1nc(-c2cncc(F)c2)ccc1N(C(=O)OC(C)(C)C)C(=O)OC(C)(C)C. The highest BCUT2D eigenvalue weighted by Gasteiger charge is 2.34. The van der Waals surface area contributed by atoms with E-state index in [1.807, 2.05) is 0 Å². The number of hydrogen-bond acceptors (Lipinski definition) is 7. The smallest absolute Gasteiger partial charge is 0.424 e. The van der Waals surface area contributed by atoms with E-state index >= 15 is 0 Å². The number of pyridine rings is 2. The number of anilines is 1. The predicted octanol–water partition coefficient (Wildman–Crippen LogP) is 5.11. The van der Waals surface area contributed by atoms with Crippen LogP contribution in [-0.4, -0.2) is 40.5 Å². The molecule has 8 nitrogen and oxygen atoms in total. The minimum atomic E-state index is -0.916. The number of amides is 2. The first-order valence-corrected chi connectivity index (χ1v) is 9.66. The molecule has 0 radical (unpaired) electrons. The minimum Gasteiger partial charge on any atom is -0.443 e. The van der Waals surface area contributed by atoms with Crippen molar-refractivity contribution < 1.29 is 28.2 Å². The number of imide groups is 1. The fraction of sp³-hybridized carbons (Fsp3) is 0.455. The first kappa shape index (κ1) is 24.2. The molecule has 0 N–H and O–H groups in total. The molecule has 0 fully saturated rings. The van der Waals surface area contributed by atoms with Crippen LogP contribution in [0.4, 0.5) is 19.7 Å². The molecule has 0 aliphatic rings. The van der Waals surface area contributed by atoms with Crippen LogP contribution in [-0.2, 0) is 20.8 Å². The maximum Gasteiger partial charge on any atom is 0.424 e. The summed E-state index contributed by atoms with van der Waals surface area (Å²) in [5.41, 5.74) is -0.459. The second-order valence-electron chi connectivity index (χ2n) is 8.78. The number of methoxy groups -OCH3 is 1. The van der Waals surface area contributed by atoms with Crippen LogP contribution >= 0.6 is 0 Å². The molecule has 2 rings (SSSR count). The molecule has 0 aliphatic heterocycles. The van der Waals surface area contributed by atoms with Crippen molar-refractivity contribution in [3.8, 4) is 11.3 Å². The van der Waals surface area contributed by atoms with Crippen LogP contribution in [0.5, 0.6) is 0 Å². The highest BCUT2D eigenvalue weighted by Crippen LogP contribution is 2.28. The minimum absolute atomic E-state index is 0.0198. The summed E-state index contributed by atoms with van der Waals surface area (Å²) in [7, 11) is 1.45. The van der Waals surface area contributed by atoms with Crippen LogP contribution in [0.1, 0.15) is 47.2 Å². The third-order valence-corrected chi connectivity index (χ3v) is 3.62. The van der Waals surface area contributed by atoms with Gasteiger partial charge in [-0.05, 0) is 59.7 Å². The maximum atomic E-state index is 13.6. The Morgan fingerprint density at radius 3 is 2.06 bits per heavy atom. The van der Waals surface area contributed by atoms with Crippen molar-refractivity contribution in [3.05, 3.63) is 42.1 Å². The number of aromatic nitrogens is 2. The van der Waals surface area contributed by atoms with Gasteiger partial charge in [0.05, 0.1) is 29.9 Å². The van der Waals surface area contributed by atoms with E-state index in [1.54, 1.807) is 47.6 Å². The molecular weight excluding hydrogens is 405 g/mol. The average Bonchev–Trinajstić information content (AvgIpc) is 2.60. The van der Waals surface area contributed by atoms with Crippen LogP contribution in [0.25, 0.3) is 11.3 Å². The van der Waals surface area contributed by atoms with E-state index in [1.165, 1.54) is 25.4 Å². The fourth-order valence-electron chi connectivity index (χ4n) is 2.54. The largest absolute Gasteiger partial charge is 0.443 e. The Morgan fingerprint density at radius 2 is 1.58 bits per heavy atom. The predicted molar refractivity (Wildman–Crippen MR) is 113 cm³/mol. The third-order valence-electron chi connectivity index (χ3n) is 3.62. The Labute approximate surface area is 181 Å². The van der Waals surface area contributed by atoms with Crippen LogP contribution in [0, 0.1) is 5.82 Å². The van der Waals surface area contributed by atoms with Gasteiger partial charge in [0.2, 0.25) is 0 Å². The number of carbonyl (C=O) groups is 2. The molecule has 0 atom stereocenters. The fourth-order valence-corrected chi connectivity index (χ4v) is 2.54. The Morgan fingerprint density at radius 1 is 1.00 bits per heavy atom. The summed E-state index contributed by atoms with van der Waals surface area (Å²) in [6.45, 7) is 10.1. The number of ether oxygens (including phenoxy) is 3. The molecule has 0 saturated heterocycles. The maximum absolute atomic E-state index is 13.6. The standard InChI is InChI=1S/C22H28FN3O5/c1-21(2,3)30-19(27)26(20(28)31-22(4,5)6)18-9-8-16(25-17(18)13-29-7)14-10-15(23)12-24-11-14/h8-12H,13H2,1-7H3. The molecular formula is C22H28FN3O5. The second-order valence-corrected chi connectivity index (χ2v) is 8.78. The molecule has 2 amide bonds. The summed E-state index contributed by atoms with van der Waals surface area (Å²) < 4.78 is 29.6. The van der Waals surface area contributed by atoms with Crippen molar-refractivity contribution in [2.24, 2.45) is 0 Å². The van der Waals surface area contributed by atoms with Crippen molar-refractivity contribution in [3.63, 3.8) is 0 Å². The van der Waals surface area contributed by atoms with Crippen LogP contribution < -0.4 is 4.90 Å². The zero-order valence-corrected chi connectivity index (χ0v) is 18.9. The van der Waals surface area contributed by atoms with Gasteiger partial charge in [-0.3, -0.25) is 4.98 Å². The van der Waals surface area contributed by atoms with Crippen molar-refractivity contribution in [2.75, 3.05) is 12.0 Å². The van der Waals surface area contributed by atoms with Gasteiger partial charge in [0, 0.05) is 18.9 Å². The Kier molecular flexibility index (Phi) is 7.32. The molecule has 31 heavy (non-hydrogen) atoms. The van der Waals surface area contributed by atoms with Crippen LogP contribution in [0.2, 0.25) is 0 Å². The van der Waals surface area contributed by atoms with Gasteiger partial charge >= 0.3 is 12.2 Å². The third kappa shape index (κ3) is 6.99. The lowest BCUT2D eigenvalue weighted by Crippen LogP contribution is -2.44. The van der Waals surface area contributed by atoms with Crippen molar-refractivity contribution in [2.45, 2.75) is 59.4 Å². The summed E-state index contributed by atoms with van der Waals surface area (Å²) >= 11 is 0. The van der Waals surface area contributed by atoms with Gasteiger partial charge in [-0.25, -0.2) is 19.0 Å². The topological polar surface area (TPSA) is 90.9 Å². The van der Waals surface area contributed by atoms with Crippen molar-refractivity contribution in [1.29, 1.82) is 0 Å². The molecule has 0 saturated carbocycles. The monoisotopic (exact) mass is 433 g/mol. The molecule has 0 aromatic carbocycles. The van der Waals surface area contributed by atoms with E-state index in [-0.39, 0.29) is 18.0 Å². The quantitative estimate of drug-likeness (QED) is 0.662. The zero-order chi connectivity index (χ0) is 23.4. The lowest BCUT2D eigenvalue weighted by atomic mass is 10.1. The lowest BCUT2D eigenvalue weighted by Gasteiger charge is -2.29. The first-order valence-electron chi connectivity index (χ1n) is 9.66. The normalized spacial score (nSPS) is 11.7. The number of carbonyl (C=O) groups excluding carboxylic acids is 2. The van der Waals surface area contributed by atoms with E-state index in [9.17, 15) is 14.0 Å². The van der Waals surface area contributed by atoms with E-state index < -0.39 is 29.2 Å². The molecule has 2 aromatic rings.